The minimum Gasteiger partial charge on any atom is -0.481 e. The highest BCUT2D eigenvalue weighted by molar-refractivity contribution is 5.78. The first-order chi connectivity index (χ1) is 7.19. The Morgan fingerprint density at radius 3 is 2.80 bits per heavy atom. The van der Waals surface area contributed by atoms with Crippen LogP contribution in [0, 0.1) is 0 Å². The Hall–Kier alpha value is -1.32. The van der Waals surface area contributed by atoms with Crippen molar-refractivity contribution in [1.82, 2.24) is 10.2 Å². The summed E-state index contributed by atoms with van der Waals surface area (Å²) >= 11 is 0. The first-order valence-electron chi connectivity index (χ1n) is 5.42. The smallest absolute Gasteiger partial charge is 0.189 e. The van der Waals surface area contributed by atoms with Gasteiger partial charge >= 0.3 is 0 Å². The summed E-state index contributed by atoms with van der Waals surface area (Å²) in [5.74, 6) is 1.99. The molecule has 1 aromatic heterocycles. The van der Waals surface area contributed by atoms with Crippen LogP contribution in [0.5, 0.6) is 0 Å². The van der Waals surface area contributed by atoms with Crippen LogP contribution in [0.15, 0.2) is 11.2 Å². The summed E-state index contributed by atoms with van der Waals surface area (Å²) < 4.78 is 5.40. The monoisotopic (exact) mass is 209 g/mol. The molecule has 0 bridgehead atoms. The number of hydrogen-bond acceptors (Lipinski definition) is 3. The normalized spacial score (nSPS) is 12.2. The predicted octanol–water partition coefficient (Wildman–Crippen LogP) is 3.01. The van der Waals surface area contributed by atoms with E-state index in [1.807, 2.05) is 20.0 Å². The molecule has 0 atom stereocenters. The molecule has 4 nitrogen and oxygen atoms in total. The second-order valence-electron chi connectivity index (χ2n) is 3.62. The second-order valence-corrected chi connectivity index (χ2v) is 3.62. The van der Waals surface area contributed by atoms with Crippen molar-refractivity contribution in [3.63, 3.8) is 0 Å². The topological polar surface area (TPSA) is 50.3 Å². The van der Waals surface area contributed by atoms with E-state index in [1.165, 1.54) is 0 Å². The van der Waals surface area contributed by atoms with E-state index in [0.717, 1.165) is 23.7 Å². The molecule has 1 N–H and O–H groups in total. The van der Waals surface area contributed by atoms with E-state index in [2.05, 4.69) is 29.0 Å². The molecular formula is C11H19N3O. The second kappa shape index (κ2) is 5.53. The first kappa shape index (κ1) is 11.8. The van der Waals surface area contributed by atoms with Crippen LogP contribution in [-0.2, 0) is 4.74 Å². The van der Waals surface area contributed by atoms with Crippen molar-refractivity contribution >= 4 is 11.7 Å². The lowest BCUT2D eigenvalue weighted by atomic mass is 10.1. The summed E-state index contributed by atoms with van der Waals surface area (Å²) in [6, 6.07) is 0. The van der Waals surface area contributed by atoms with Gasteiger partial charge in [-0.25, -0.2) is 0 Å². The van der Waals surface area contributed by atoms with Crippen LogP contribution in [0.1, 0.15) is 45.6 Å². The van der Waals surface area contributed by atoms with Crippen LogP contribution in [0.4, 0.5) is 5.82 Å². The summed E-state index contributed by atoms with van der Waals surface area (Å²) in [4.78, 5) is 4.42. The largest absolute Gasteiger partial charge is 0.481 e. The minimum absolute atomic E-state index is 0.419. The lowest BCUT2D eigenvalue weighted by Crippen LogP contribution is -2.02. The zero-order valence-electron chi connectivity index (χ0n) is 9.87. The Labute approximate surface area is 90.8 Å². The van der Waals surface area contributed by atoms with E-state index in [1.54, 1.807) is 0 Å². The lowest BCUT2D eigenvalue weighted by molar-refractivity contribution is 0.319. The number of H-pyrrole nitrogens is 1. The van der Waals surface area contributed by atoms with Gasteiger partial charge in [0, 0.05) is 12.0 Å². The van der Waals surface area contributed by atoms with Crippen LogP contribution in [0.25, 0.3) is 0 Å². The molecule has 1 aromatic rings. The zero-order chi connectivity index (χ0) is 11.3. The van der Waals surface area contributed by atoms with Crippen LogP contribution in [0.2, 0.25) is 0 Å². The third-order valence-corrected chi connectivity index (χ3v) is 2.12. The van der Waals surface area contributed by atoms with Crippen molar-refractivity contribution in [2.75, 3.05) is 6.61 Å². The Bertz CT molecular complexity index is 328. The molecule has 0 aromatic carbocycles. The van der Waals surface area contributed by atoms with E-state index < -0.39 is 0 Å². The highest BCUT2D eigenvalue weighted by atomic mass is 16.5. The number of aromatic amines is 1. The maximum Gasteiger partial charge on any atom is 0.189 e. The van der Waals surface area contributed by atoms with E-state index in [9.17, 15) is 0 Å². The number of ether oxygens (including phenoxy) is 1. The molecule has 0 aliphatic heterocycles. The molecule has 0 aliphatic rings. The van der Waals surface area contributed by atoms with Gasteiger partial charge in [-0.05, 0) is 12.8 Å². The standard InChI is InChI=1S/C11H19N3O/c1-5-10(15-6-2)13-11-9(8(3)4)7-12-14-11/h7-8H,5-6H2,1-4H3,(H,12,14)/b13-10-. The van der Waals surface area contributed by atoms with Crippen molar-refractivity contribution in [3.8, 4) is 0 Å². The zero-order valence-corrected chi connectivity index (χ0v) is 9.87. The number of aliphatic imine (C=N–C) groups is 1. The van der Waals surface area contributed by atoms with E-state index in [4.69, 9.17) is 4.74 Å². The molecule has 1 rings (SSSR count). The fourth-order valence-corrected chi connectivity index (χ4v) is 1.31. The third kappa shape index (κ3) is 3.08. The highest BCUT2D eigenvalue weighted by Crippen LogP contribution is 2.24. The van der Waals surface area contributed by atoms with E-state index in [0.29, 0.717) is 12.5 Å². The van der Waals surface area contributed by atoms with Gasteiger partial charge in [-0.2, -0.15) is 10.1 Å². The molecule has 0 radical (unpaired) electrons. The summed E-state index contributed by atoms with van der Waals surface area (Å²) in [5.41, 5.74) is 1.13. The highest BCUT2D eigenvalue weighted by Gasteiger charge is 2.08. The SMILES string of the molecule is CCO/C(CC)=N\c1[nH]ncc1C(C)C. The van der Waals surface area contributed by atoms with Gasteiger partial charge in [-0.3, -0.25) is 5.10 Å². The number of hydrogen-bond donors (Lipinski definition) is 1. The third-order valence-electron chi connectivity index (χ3n) is 2.12. The van der Waals surface area contributed by atoms with Gasteiger partial charge in [0.05, 0.1) is 12.8 Å². The molecular weight excluding hydrogens is 190 g/mol. The Balaban J connectivity index is 2.90. The van der Waals surface area contributed by atoms with Crippen molar-refractivity contribution in [3.05, 3.63) is 11.8 Å². The average molecular weight is 209 g/mol. The fourth-order valence-electron chi connectivity index (χ4n) is 1.31. The van der Waals surface area contributed by atoms with Gasteiger partial charge in [0.1, 0.15) is 0 Å². The maximum atomic E-state index is 5.40. The summed E-state index contributed by atoms with van der Waals surface area (Å²) in [6.07, 6.45) is 2.62. The fraction of sp³-hybridized carbons (Fsp3) is 0.636. The van der Waals surface area contributed by atoms with Crippen LogP contribution in [0.3, 0.4) is 0 Å². The molecule has 15 heavy (non-hydrogen) atoms. The van der Waals surface area contributed by atoms with Crippen molar-refractivity contribution in [2.24, 2.45) is 4.99 Å². The molecule has 4 heteroatoms. The first-order valence-corrected chi connectivity index (χ1v) is 5.42. The number of aromatic nitrogens is 2. The molecule has 84 valence electrons. The van der Waals surface area contributed by atoms with Crippen LogP contribution >= 0.6 is 0 Å². The van der Waals surface area contributed by atoms with Crippen LogP contribution < -0.4 is 0 Å². The van der Waals surface area contributed by atoms with Crippen molar-refractivity contribution in [2.45, 2.75) is 40.0 Å². The van der Waals surface area contributed by atoms with E-state index >= 15 is 0 Å². The maximum absolute atomic E-state index is 5.40. The average Bonchev–Trinajstić information content (AvgIpc) is 2.65. The van der Waals surface area contributed by atoms with Gasteiger partial charge in [0.25, 0.3) is 0 Å². The Morgan fingerprint density at radius 2 is 2.27 bits per heavy atom. The molecule has 0 fully saturated rings. The molecule has 0 unspecified atom stereocenters. The Kier molecular flexibility index (Phi) is 4.34. The molecule has 0 amide bonds. The quantitative estimate of drug-likeness (QED) is 0.612. The number of rotatable bonds is 4. The predicted molar refractivity (Wildman–Crippen MR) is 61.7 cm³/mol. The molecule has 0 aliphatic carbocycles. The van der Waals surface area contributed by atoms with Gasteiger partial charge in [-0.1, -0.05) is 20.8 Å². The molecule has 0 spiro atoms. The number of nitrogens with zero attached hydrogens (tertiary/aromatic N) is 2. The van der Waals surface area contributed by atoms with Gasteiger partial charge in [-0.15, -0.1) is 0 Å². The van der Waals surface area contributed by atoms with E-state index in [-0.39, 0.29) is 0 Å². The van der Waals surface area contributed by atoms with Crippen molar-refractivity contribution in [1.29, 1.82) is 0 Å². The van der Waals surface area contributed by atoms with Gasteiger partial charge in [0.15, 0.2) is 11.7 Å². The summed E-state index contributed by atoms with van der Waals surface area (Å²) in [6.45, 7) is 8.88. The lowest BCUT2D eigenvalue weighted by Gasteiger charge is -2.06. The van der Waals surface area contributed by atoms with Crippen LogP contribution in [-0.4, -0.2) is 22.7 Å². The van der Waals surface area contributed by atoms with Gasteiger partial charge < -0.3 is 4.74 Å². The summed E-state index contributed by atoms with van der Waals surface area (Å²) in [5, 5.41) is 6.90. The summed E-state index contributed by atoms with van der Waals surface area (Å²) in [7, 11) is 0. The molecule has 0 saturated carbocycles. The number of nitrogens with one attached hydrogen (secondary N) is 1. The molecule has 0 saturated heterocycles. The minimum atomic E-state index is 0.419. The van der Waals surface area contributed by atoms with Crippen molar-refractivity contribution < 1.29 is 4.74 Å². The Morgan fingerprint density at radius 1 is 1.53 bits per heavy atom. The molecule has 1 heterocycles. The van der Waals surface area contributed by atoms with Gasteiger partial charge in [0.2, 0.25) is 0 Å².